The van der Waals surface area contributed by atoms with Gasteiger partial charge in [0, 0.05) is 33.9 Å². The molecule has 228 valence electrons. The van der Waals surface area contributed by atoms with Gasteiger partial charge in [0.25, 0.3) is 5.91 Å². The summed E-state index contributed by atoms with van der Waals surface area (Å²) in [6.07, 6.45) is 8.36. The Hall–Kier alpha value is -2.30. The lowest BCUT2D eigenvalue weighted by molar-refractivity contribution is -0.139. The van der Waals surface area contributed by atoms with Crippen molar-refractivity contribution in [1.29, 1.82) is 0 Å². The van der Waals surface area contributed by atoms with Crippen LogP contribution in [0, 0.1) is 6.92 Å². The first-order valence-electron chi connectivity index (χ1n) is 14.3. The molecule has 1 aromatic heterocycles. The van der Waals surface area contributed by atoms with E-state index in [1.807, 2.05) is 42.5 Å². The van der Waals surface area contributed by atoms with Crippen LogP contribution in [-0.4, -0.2) is 60.2 Å². The van der Waals surface area contributed by atoms with Gasteiger partial charge < -0.3 is 18.8 Å². The van der Waals surface area contributed by atoms with Crippen LogP contribution in [0.2, 0.25) is 0 Å². The summed E-state index contributed by atoms with van der Waals surface area (Å²) in [5.41, 5.74) is 2.03. The number of aromatic nitrogens is 1. The van der Waals surface area contributed by atoms with Gasteiger partial charge in [-0.25, -0.2) is 4.98 Å². The van der Waals surface area contributed by atoms with Gasteiger partial charge >= 0.3 is 5.97 Å². The summed E-state index contributed by atoms with van der Waals surface area (Å²) in [4.78, 5) is 31.9. The SMILES string of the molecule is COC(=O)Cc1ccc(SCCCN(C)C(=O)c2nc(-c3ccc(OCCCCCCCCBr)cc3)oc2C)c(Br)c1. The molecule has 0 fully saturated rings. The minimum Gasteiger partial charge on any atom is -0.494 e. The van der Waals surface area contributed by atoms with Crippen molar-refractivity contribution in [3.05, 3.63) is 64.0 Å². The van der Waals surface area contributed by atoms with Crippen molar-refractivity contribution in [1.82, 2.24) is 9.88 Å². The van der Waals surface area contributed by atoms with Crippen molar-refractivity contribution < 1.29 is 23.5 Å². The maximum Gasteiger partial charge on any atom is 0.309 e. The smallest absolute Gasteiger partial charge is 0.309 e. The number of carbonyl (C=O) groups excluding carboxylic acids is 2. The molecule has 1 heterocycles. The van der Waals surface area contributed by atoms with Crippen LogP contribution >= 0.6 is 43.6 Å². The topological polar surface area (TPSA) is 81.9 Å². The molecule has 0 aliphatic rings. The monoisotopic (exact) mass is 722 g/mol. The summed E-state index contributed by atoms with van der Waals surface area (Å²) >= 11 is 8.76. The highest BCUT2D eigenvalue weighted by Crippen LogP contribution is 2.29. The Bertz CT molecular complexity index is 1280. The number of oxazole rings is 1. The third-order valence-corrected chi connectivity index (χ3v) is 9.35. The number of hydrogen-bond donors (Lipinski definition) is 0. The standard InChI is InChI=1S/C32H40Br2N2O5S/c1-23-30(32(38)36(2)18-10-20-42-28-16-11-24(21-27(28)34)22-29(37)39-3)35-31(41-23)25-12-14-26(15-13-25)40-19-9-7-5-4-6-8-17-33/h11-16,21H,4-10,17-20,22H2,1-3H3. The molecule has 3 rings (SSSR count). The molecule has 0 bridgehead atoms. The first-order chi connectivity index (χ1) is 20.3. The Kier molecular flexibility index (Phi) is 15.0. The summed E-state index contributed by atoms with van der Waals surface area (Å²) in [5, 5.41) is 1.09. The van der Waals surface area contributed by atoms with Gasteiger partial charge in [-0.05, 0) is 89.8 Å². The normalized spacial score (nSPS) is 11.0. The fourth-order valence-corrected chi connectivity index (χ4v) is 6.30. The Morgan fingerprint density at radius 3 is 2.40 bits per heavy atom. The van der Waals surface area contributed by atoms with E-state index in [2.05, 4.69) is 36.8 Å². The van der Waals surface area contributed by atoms with Crippen molar-refractivity contribution in [3.63, 3.8) is 0 Å². The molecule has 2 aromatic carbocycles. The Morgan fingerprint density at radius 2 is 1.71 bits per heavy atom. The zero-order valence-electron chi connectivity index (χ0n) is 24.6. The van der Waals surface area contributed by atoms with E-state index in [1.54, 1.807) is 30.6 Å². The van der Waals surface area contributed by atoms with Crippen molar-refractivity contribution >= 4 is 55.5 Å². The number of rotatable bonds is 18. The maximum atomic E-state index is 13.1. The molecule has 0 N–H and O–H groups in total. The molecule has 7 nitrogen and oxygen atoms in total. The van der Waals surface area contributed by atoms with E-state index >= 15 is 0 Å². The van der Waals surface area contributed by atoms with Crippen LogP contribution in [0.3, 0.4) is 0 Å². The molecule has 0 unspecified atom stereocenters. The molecule has 42 heavy (non-hydrogen) atoms. The summed E-state index contributed by atoms with van der Waals surface area (Å²) < 4.78 is 17.4. The number of ether oxygens (including phenoxy) is 2. The Labute approximate surface area is 270 Å². The van der Waals surface area contributed by atoms with Gasteiger partial charge in [-0.2, -0.15) is 0 Å². The summed E-state index contributed by atoms with van der Waals surface area (Å²) in [7, 11) is 3.17. The number of halogens is 2. The van der Waals surface area contributed by atoms with Gasteiger partial charge in [0.1, 0.15) is 11.5 Å². The number of aryl methyl sites for hydroxylation is 1. The fraction of sp³-hybridized carbons (Fsp3) is 0.469. The molecule has 0 saturated heterocycles. The van der Waals surface area contributed by atoms with E-state index < -0.39 is 0 Å². The molecule has 10 heteroatoms. The molecule has 3 aromatic rings. The minimum absolute atomic E-state index is 0.159. The second-order valence-corrected chi connectivity index (χ2v) is 12.8. The lowest BCUT2D eigenvalue weighted by atomic mass is 10.1. The molecule has 1 amide bonds. The largest absolute Gasteiger partial charge is 0.494 e. The van der Waals surface area contributed by atoms with Crippen LogP contribution in [-0.2, 0) is 16.0 Å². The average molecular weight is 725 g/mol. The number of esters is 1. The number of nitrogens with zero attached hydrogens (tertiary/aromatic N) is 2. The minimum atomic E-state index is -0.264. The number of methoxy groups -OCH3 is 1. The molecular weight excluding hydrogens is 684 g/mol. The van der Waals surface area contributed by atoms with Crippen LogP contribution in [0.25, 0.3) is 11.5 Å². The molecule has 0 radical (unpaired) electrons. The van der Waals surface area contributed by atoms with Crippen molar-refractivity contribution in [2.24, 2.45) is 0 Å². The van der Waals surface area contributed by atoms with Gasteiger partial charge in [-0.15, -0.1) is 11.8 Å². The van der Waals surface area contributed by atoms with E-state index in [9.17, 15) is 9.59 Å². The van der Waals surface area contributed by atoms with Crippen LogP contribution < -0.4 is 4.74 Å². The number of alkyl halides is 1. The number of amides is 1. The lowest BCUT2D eigenvalue weighted by Gasteiger charge is -2.16. The highest BCUT2D eigenvalue weighted by molar-refractivity contribution is 9.10. The molecule has 0 saturated carbocycles. The van der Waals surface area contributed by atoms with E-state index in [4.69, 9.17) is 13.9 Å². The maximum absolute atomic E-state index is 13.1. The van der Waals surface area contributed by atoms with Gasteiger partial charge in [0.2, 0.25) is 5.89 Å². The van der Waals surface area contributed by atoms with E-state index in [-0.39, 0.29) is 18.3 Å². The zero-order chi connectivity index (χ0) is 30.3. The third kappa shape index (κ3) is 11.1. The first kappa shape index (κ1) is 34.2. The zero-order valence-corrected chi connectivity index (χ0v) is 28.6. The number of unbranched alkanes of at least 4 members (excludes halogenated alkanes) is 5. The molecular formula is C32H40Br2N2O5S. The molecule has 0 spiro atoms. The predicted molar refractivity (Wildman–Crippen MR) is 176 cm³/mol. The summed E-state index contributed by atoms with van der Waals surface area (Å²) in [6.45, 7) is 3.07. The van der Waals surface area contributed by atoms with E-state index in [0.717, 1.165) is 50.2 Å². The number of hydrogen-bond acceptors (Lipinski definition) is 7. The molecule has 0 aliphatic carbocycles. The summed E-state index contributed by atoms with van der Waals surface area (Å²) in [6, 6.07) is 13.5. The van der Waals surface area contributed by atoms with Crippen LogP contribution in [0.4, 0.5) is 0 Å². The first-order valence-corrected chi connectivity index (χ1v) is 17.2. The fourth-order valence-electron chi connectivity index (χ4n) is 4.28. The van der Waals surface area contributed by atoms with Gasteiger partial charge in [0.15, 0.2) is 5.69 Å². The Morgan fingerprint density at radius 1 is 1.00 bits per heavy atom. The van der Waals surface area contributed by atoms with E-state index in [1.165, 1.54) is 39.2 Å². The van der Waals surface area contributed by atoms with Crippen LogP contribution in [0.1, 0.15) is 66.8 Å². The average Bonchev–Trinajstić information content (AvgIpc) is 3.38. The third-order valence-electron chi connectivity index (χ3n) is 6.71. The predicted octanol–water partition coefficient (Wildman–Crippen LogP) is 8.50. The molecule has 0 aliphatic heterocycles. The highest BCUT2D eigenvalue weighted by Gasteiger charge is 2.21. The number of benzene rings is 2. The number of thioether (sulfide) groups is 1. The second-order valence-electron chi connectivity index (χ2n) is 10.1. The van der Waals surface area contributed by atoms with Crippen molar-refractivity contribution in [2.75, 3.05) is 38.4 Å². The van der Waals surface area contributed by atoms with Crippen molar-refractivity contribution in [2.45, 2.75) is 63.2 Å². The summed E-state index contributed by atoms with van der Waals surface area (Å²) in [5.74, 6) is 2.16. The lowest BCUT2D eigenvalue weighted by Crippen LogP contribution is -2.28. The quantitative estimate of drug-likeness (QED) is 0.0564. The van der Waals surface area contributed by atoms with Crippen LogP contribution in [0.5, 0.6) is 5.75 Å². The highest BCUT2D eigenvalue weighted by atomic mass is 79.9. The van der Waals surface area contributed by atoms with Gasteiger partial charge in [-0.1, -0.05) is 47.7 Å². The van der Waals surface area contributed by atoms with E-state index in [0.29, 0.717) is 30.5 Å². The Balaban J connectivity index is 1.43. The molecule has 0 atom stereocenters. The van der Waals surface area contributed by atoms with Crippen LogP contribution in [0.15, 0.2) is 56.2 Å². The van der Waals surface area contributed by atoms with Crippen molar-refractivity contribution in [3.8, 4) is 17.2 Å². The number of carbonyl (C=O) groups is 2. The van der Waals surface area contributed by atoms with Gasteiger partial charge in [-0.3, -0.25) is 9.59 Å². The second kappa shape index (κ2) is 18.4. The van der Waals surface area contributed by atoms with Gasteiger partial charge in [0.05, 0.1) is 20.1 Å².